The van der Waals surface area contributed by atoms with E-state index in [9.17, 15) is 4.79 Å². The molecule has 0 bridgehead atoms. The summed E-state index contributed by atoms with van der Waals surface area (Å²) in [4.78, 5) is 12.3. The van der Waals surface area contributed by atoms with Gasteiger partial charge in [0.1, 0.15) is 0 Å². The predicted molar refractivity (Wildman–Crippen MR) is 106 cm³/mol. The molecule has 134 valence electrons. The zero-order valence-electron chi connectivity index (χ0n) is 15.2. The Bertz CT molecular complexity index is 920. The lowest BCUT2D eigenvalue weighted by Crippen LogP contribution is -2.15. The van der Waals surface area contributed by atoms with Crippen molar-refractivity contribution >= 4 is 23.4 Å². The van der Waals surface area contributed by atoms with Crippen LogP contribution < -0.4 is 5.32 Å². The number of aryl methyl sites for hydroxylation is 2. The summed E-state index contributed by atoms with van der Waals surface area (Å²) in [5, 5.41) is 12.2. The van der Waals surface area contributed by atoms with Crippen molar-refractivity contribution in [3.63, 3.8) is 0 Å². The summed E-state index contributed by atoms with van der Waals surface area (Å²) >= 11 is 1.39. The van der Waals surface area contributed by atoms with Crippen LogP contribution in [0.1, 0.15) is 18.1 Å². The second kappa shape index (κ2) is 8.19. The number of aromatic nitrogens is 3. The van der Waals surface area contributed by atoms with E-state index in [4.69, 9.17) is 0 Å². The van der Waals surface area contributed by atoms with Gasteiger partial charge in [-0.25, -0.2) is 0 Å². The predicted octanol–water partition coefficient (Wildman–Crippen LogP) is 4.08. The average molecular weight is 366 g/mol. The molecule has 0 atom stereocenters. The first-order valence-corrected chi connectivity index (χ1v) is 9.54. The first-order valence-electron chi connectivity index (χ1n) is 8.56. The number of carbonyl (C=O) groups is 1. The average Bonchev–Trinajstić information content (AvgIpc) is 3.01. The van der Waals surface area contributed by atoms with Crippen molar-refractivity contribution in [1.82, 2.24) is 14.8 Å². The van der Waals surface area contributed by atoms with Crippen molar-refractivity contribution in [2.24, 2.45) is 7.05 Å². The van der Waals surface area contributed by atoms with Gasteiger partial charge in [-0.2, -0.15) is 0 Å². The zero-order valence-corrected chi connectivity index (χ0v) is 16.0. The third kappa shape index (κ3) is 3.96. The van der Waals surface area contributed by atoms with Gasteiger partial charge in [-0.1, -0.05) is 61.2 Å². The Morgan fingerprint density at radius 1 is 1.12 bits per heavy atom. The summed E-state index contributed by atoms with van der Waals surface area (Å²) in [6, 6.07) is 15.9. The lowest BCUT2D eigenvalue weighted by atomic mass is 10.1. The number of nitrogens with zero attached hydrogens (tertiary/aromatic N) is 3. The molecule has 0 spiro atoms. The van der Waals surface area contributed by atoms with Gasteiger partial charge in [-0.3, -0.25) is 4.79 Å². The Balaban J connectivity index is 1.67. The van der Waals surface area contributed by atoms with Gasteiger partial charge in [0.05, 0.1) is 5.75 Å². The van der Waals surface area contributed by atoms with Crippen molar-refractivity contribution in [2.45, 2.75) is 25.4 Å². The minimum Gasteiger partial charge on any atom is -0.325 e. The molecule has 0 aliphatic carbocycles. The van der Waals surface area contributed by atoms with Crippen molar-refractivity contribution in [3.8, 4) is 11.4 Å². The molecule has 3 aromatic rings. The van der Waals surface area contributed by atoms with Crippen LogP contribution in [0.3, 0.4) is 0 Å². The van der Waals surface area contributed by atoms with E-state index in [2.05, 4.69) is 35.4 Å². The third-order valence-corrected chi connectivity index (χ3v) is 5.25. The minimum absolute atomic E-state index is 0.0451. The SMILES string of the molecule is CCc1ccccc1NC(=O)CSc1nnc(-c2ccccc2C)n1C. The van der Waals surface area contributed by atoms with Crippen LogP contribution in [0.2, 0.25) is 0 Å². The number of para-hydroxylation sites is 1. The fraction of sp³-hybridized carbons (Fsp3) is 0.250. The summed E-state index contributed by atoms with van der Waals surface area (Å²) in [6.07, 6.45) is 0.882. The molecule has 1 heterocycles. The summed E-state index contributed by atoms with van der Waals surface area (Å²) in [7, 11) is 1.92. The van der Waals surface area contributed by atoms with Gasteiger partial charge in [0, 0.05) is 18.3 Å². The van der Waals surface area contributed by atoms with Gasteiger partial charge < -0.3 is 9.88 Å². The van der Waals surface area contributed by atoms with Crippen LogP contribution in [0, 0.1) is 6.92 Å². The second-order valence-electron chi connectivity index (χ2n) is 6.03. The Labute approximate surface area is 157 Å². The Morgan fingerprint density at radius 2 is 1.85 bits per heavy atom. The lowest BCUT2D eigenvalue weighted by molar-refractivity contribution is -0.113. The molecule has 1 N–H and O–H groups in total. The Kier molecular flexibility index (Phi) is 5.73. The van der Waals surface area contributed by atoms with Gasteiger partial charge >= 0.3 is 0 Å². The highest BCUT2D eigenvalue weighted by Gasteiger charge is 2.14. The molecule has 0 fully saturated rings. The molecule has 0 saturated carbocycles. The zero-order chi connectivity index (χ0) is 18.5. The summed E-state index contributed by atoms with van der Waals surface area (Å²) in [5.74, 6) is 1.05. The lowest BCUT2D eigenvalue weighted by Gasteiger charge is -2.09. The topological polar surface area (TPSA) is 59.8 Å². The number of hydrogen-bond acceptors (Lipinski definition) is 4. The monoisotopic (exact) mass is 366 g/mol. The van der Waals surface area contributed by atoms with Crippen LogP contribution in [-0.4, -0.2) is 26.4 Å². The highest BCUT2D eigenvalue weighted by atomic mass is 32.2. The van der Waals surface area contributed by atoms with Crippen molar-refractivity contribution in [2.75, 3.05) is 11.1 Å². The van der Waals surface area contributed by atoms with Crippen LogP contribution >= 0.6 is 11.8 Å². The fourth-order valence-electron chi connectivity index (χ4n) is 2.77. The summed E-state index contributed by atoms with van der Waals surface area (Å²) in [6.45, 7) is 4.13. The quantitative estimate of drug-likeness (QED) is 0.668. The maximum Gasteiger partial charge on any atom is 0.234 e. The fourth-order valence-corrected chi connectivity index (χ4v) is 3.48. The number of thioether (sulfide) groups is 1. The Morgan fingerprint density at radius 3 is 2.62 bits per heavy atom. The smallest absolute Gasteiger partial charge is 0.234 e. The largest absolute Gasteiger partial charge is 0.325 e. The highest BCUT2D eigenvalue weighted by molar-refractivity contribution is 7.99. The highest BCUT2D eigenvalue weighted by Crippen LogP contribution is 2.25. The molecule has 6 heteroatoms. The number of anilines is 1. The molecule has 1 amide bonds. The van der Waals surface area contributed by atoms with E-state index in [1.165, 1.54) is 11.8 Å². The van der Waals surface area contributed by atoms with E-state index >= 15 is 0 Å². The standard InChI is InChI=1S/C20H22N4OS/c1-4-15-10-6-8-12-17(15)21-18(25)13-26-20-23-22-19(24(20)3)16-11-7-5-9-14(16)2/h5-12H,4,13H2,1-3H3,(H,21,25). The van der Waals surface area contributed by atoms with Crippen LogP contribution in [0.15, 0.2) is 53.7 Å². The van der Waals surface area contributed by atoms with E-state index in [-0.39, 0.29) is 11.7 Å². The number of nitrogens with one attached hydrogen (secondary N) is 1. The van der Waals surface area contributed by atoms with E-state index in [1.54, 1.807) is 0 Å². The second-order valence-corrected chi connectivity index (χ2v) is 6.97. The van der Waals surface area contributed by atoms with Gasteiger partial charge in [-0.15, -0.1) is 10.2 Å². The molecule has 26 heavy (non-hydrogen) atoms. The number of benzene rings is 2. The van der Waals surface area contributed by atoms with Crippen molar-refractivity contribution in [1.29, 1.82) is 0 Å². The number of carbonyl (C=O) groups excluding carboxylic acids is 1. The molecular weight excluding hydrogens is 344 g/mol. The van der Waals surface area contributed by atoms with E-state index in [0.29, 0.717) is 0 Å². The van der Waals surface area contributed by atoms with Gasteiger partial charge in [0.15, 0.2) is 11.0 Å². The van der Waals surface area contributed by atoms with Gasteiger partial charge in [-0.05, 0) is 30.5 Å². The van der Waals surface area contributed by atoms with E-state index in [1.807, 2.05) is 54.1 Å². The maximum atomic E-state index is 12.3. The first kappa shape index (κ1) is 18.2. The molecule has 3 rings (SSSR count). The number of hydrogen-bond donors (Lipinski definition) is 1. The number of amides is 1. The molecule has 2 aromatic carbocycles. The van der Waals surface area contributed by atoms with Crippen LogP contribution in [0.4, 0.5) is 5.69 Å². The van der Waals surface area contributed by atoms with Gasteiger partial charge in [0.2, 0.25) is 5.91 Å². The van der Waals surface area contributed by atoms with Crippen LogP contribution in [0.5, 0.6) is 0 Å². The molecule has 5 nitrogen and oxygen atoms in total. The van der Waals surface area contributed by atoms with E-state index < -0.39 is 0 Å². The Hall–Kier alpha value is -2.60. The van der Waals surface area contributed by atoms with Crippen LogP contribution in [0.25, 0.3) is 11.4 Å². The molecule has 0 unspecified atom stereocenters. The van der Waals surface area contributed by atoms with Gasteiger partial charge in [0.25, 0.3) is 0 Å². The normalized spacial score (nSPS) is 10.7. The third-order valence-electron chi connectivity index (χ3n) is 4.23. The number of rotatable bonds is 6. The summed E-state index contributed by atoms with van der Waals surface area (Å²) in [5.41, 5.74) is 4.20. The van der Waals surface area contributed by atoms with E-state index in [0.717, 1.165) is 39.8 Å². The summed E-state index contributed by atoms with van der Waals surface area (Å²) < 4.78 is 1.93. The molecule has 0 radical (unpaired) electrons. The minimum atomic E-state index is -0.0451. The maximum absolute atomic E-state index is 12.3. The molecule has 1 aromatic heterocycles. The van der Waals surface area contributed by atoms with Crippen molar-refractivity contribution in [3.05, 3.63) is 59.7 Å². The molecule has 0 saturated heterocycles. The molecular formula is C20H22N4OS. The first-order chi connectivity index (χ1) is 12.6. The molecule has 0 aliphatic heterocycles. The van der Waals surface area contributed by atoms with Crippen molar-refractivity contribution < 1.29 is 4.79 Å². The molecule has 0 aliphatic rings. The van der Waals surface area contributed by atoms with Crippen LogP contribution in [-0.2, 0) is 18.3 Å².